The third kappa shape index (κ3) is 3.43. The molecule has 1 aromatic carbocycles. The Bertz CT molecular complexity index is 778. The Morgan fingerprint density at radius 3 is 3.00 bits per heavy atom. The number of hydrogen-bond acceptors (Lipinski definition) is 3. The van der Waals surface area contributed by atoms with Crippen LogP contribution in [0.5, 0.6) is 0 Å². The Kier molecular flexibility index (Phi) is 4.26. The molecule has 6 heteroatoms. The Labute approximate surface area is 146 Å². The van der Waals surface area contributed by atoms with Crippen molar-refractivity contribution in [3.63, 3.8) is 0 Å². The molecule has 1 fully saturated rings. The summed E-state index contributed by atoms with van der Waals surface area (Å²) in [6.07, 6.45) is 6.56. The highest BCUT2D eigenvalue weighted by Crippen LogP contribution is 2.25. The molecule has 6 nitrogen and oxygen atoms in total. The molecular weight excluding hydrogens is 316 g/mol. The number of carbonyl (C=O) groups excluding carboxylic acids is 2. The van der Waals surface area contributed by atoms with Crippen LogP contribution in [0.1, 0.15) is 31.5 Å². The van der Waals surface area contributed by atoms with Gasteiger partial charge in [-0.1, -0.05) is 12.1 Å². The fourth-order valence-electron chi connectivity index (χ4n) is 3.51. The summed E-state index contributed by atoms with van der Waals surface area (Å²) in [4.78, 5) is 28.4. The van der Waals surface area contributed by atoms with Gasteiger partial charge in [0.15, 0.2) is 0 Å². The number of nitrogens with one attached hydrogen (secondary N) is 2. The minimum absolute atomic E-state index is 0.0230. The largest absolute Gasteiger partial charge is 0.355 e. The standard InChI is InChI=1S/C19H22N4O2/c24-18-8-7-14(11-20-18)19(25)21-15-5-3-4-13(10-15)16-12-23-9-2-1-6-17(23)22-16/h3-5,10,12,14H,1-2,6-9,11H2,(H,20,24)(H,21,25)/t14-/m1/s1. The number of aryl methyl sites for hydroxylation is 2. The van der Waals surface area contributed by atoms with Crippen molar-refractivity contribution in [1.29, 1.82) is 0 Å². The summed E-state index contributed by atoms with van der Waals surface area (Å²) < 4.78 is 2.23. The summed E-state index contributed by atoms with van der Waals surface area (Å²) in [5, 5.41) is 5.72. The molecule has 2 N–H and O–H groups in total. The zero-order chi connectivity index (χ0) is 17.2. The molecule has 0 aliphatic carbocycles. The Morgan fingerprint density at radius 2 is 2.20 bits per heavy atom. The van der Waals surface area contributed by atoms with Gasteiger partial charge in [-0.05, 0) is 31.4 Å². The van der Waals surface area contributed by atoms with E-state index >= 15 is 0 Å². The van der Waals surface area contributed by atoms with E-state index in [1.807, 2.05) is 24.3 Å². The van der Waals surface area contributed by atoms with Crippen LogP contribution >= 0.6 is 0 Å². The van der Waals surface area contributed by atoms with Gasteiger partial charge in [0.05, 0.1) is 11.6 Å². The van der Waals surface area contributed by atoms with E-state index in [4.69, 9.17) is 4.98 Å². The molecular formula is C19H22N4O2. The summed E-state index contributed by atoms with van der Waals surface area (Å²) in [6.45, 7) is 1.45. The number of carbonyl (C=O) groups is 2. The molecule has 130 valence electrons. The first-order valence-electron chi connectivity index (χ1n) is 8.93. The summed E-state index contributed by atoms with van der Waals surface area (Å²) in [5.74, 6) is 0.964. The van der Waals surface area contributed by atoms with Crippen molar-refractivity contribution in [1.82, 2.24) is 14.9 Å². The highest BCUT2D eigenvalue weighted by Gasteiger charge is 2.24. The molecule has 2 aliphatic rings. The number of fused-ring (bicyclic) bond motifs is 1. The molecule has 25 heavy (non-hydrogen) atoms. The van der Waals surface area contributed by atoms with Gasteiger partial charge in [0.1, 0.15) is 5.82 Å². The smallest absolute Gasteiger partial charge is 0.229 e. The number of piperidine rings is 1. The lowest BCUT2D eigenvalue weighted by Crippen LogP contribution is -2.40. The molecule has 0 radical (unpaired) electrons. The molecule has 3 heterocycles. The predicted octanol–water partition coefficient (Wildman–Crippen LogP) is 2.35. The minimum atomic E-state index is -0.165. The highest BCUT2D eigenvalue weighted by molar-refractivity contribution is 5.94. The fraction of sp³-hybridized carbons (Fsp3) is 0.421. The minimum Gasteiger partial charge on any atom is -0.355 e. The summed E-state index contributed by atoms with van der Waals surface area (Å²) in [5.41, 5.74) is 2.74. The predicted molar refractivity (Wildman–Crippen MR) is 95.0 cm³/mol. The zero-order valence-electron chi connectivity index (χ0n) is 14.1. The van der Waals surface area contributed by atoms with Crippen LogP contribution in [0.3, 0.4) is 0 Å². The molecule has 2 amide bonds. The van der Waals surface area contributed by atoms with Crippen LogP contribution in [0, 0.1) is 5.92 Å². The van der Waals surface area contributed by atoms with Crippen LogP contribution in [0.15, 0.2) is 30.5 Å². The van der Waals surface area contributed by atoms with Crippen LogP contribution in [0.25, 0.3) is 11.3 Å². The van der Waals surface area contributed by atoms with Gasteiger partial charge in [0.2, 0.25) is 11.8 Å². The van der Waals surface area contributed by atoms with E-state index in [0.717, 1.165) is 35.7 Å². The van der Waals surface area contributed by atoms with Gasteiger partial charge in [0.25, 0.3) is 0 Å². The molecule has 0 bridgehead atoms. The van der Waals surface area contributed by atoms with Gasteiger partial charge in [0, 0.05) is 43.4 Å². The Balaban J connectivity index is 1.48. The molecule has 1 saturated heterocycles. The quantitative estimate of drug-likeness (QED) is 0.902. The lowest BCUT2D eigenvalue weighted by atomic mass is 9.98. The zero-order valence-corrected chi connectivity index (χ0v) is 14.1. The van der Waals surface area contributed by atoms with Gasteiger partial charge in [-0.25, -0.2) is 4.98 Å². The van der Waals surface area contributed by atoms with Crippen LogP contribution in [-0.4, -0.2) is 27.9 Å². The molecule has 2 aromatic rings. The van der Waals surface area contributed by atoms with Gasteiger partial charge < -0.3 is 15.2 Å². The van der Waals surface area contributed by atoms with E-state index in [9.17, 15) is 9.59 Å². The van der Waals surface area contributed by atoms with Crippen molar-refractivity contribution in [2.24, 2.45) is 5.92 Å². The number of nitrogens with zero attached hydrogens (tertiary/aromatic N) is 2. The maximum absolute atomic E-state index is 12.4. The number of amides is 2. The van der Waals surface area contributed by atoms with Crippen molar-refractivity contribution >= 4 is 17.5 Å². The van der Waals surface area contributed by atoms with Gasteiger partial charge in [-0.3, -0.25) is 9.59 Å². The Morgan fingerprint density at radius 1 is 1.28 bits per heavy atom. The van der Waals surface area contributed by atoms with Crippen LogP contribution < -0.4 is 10.6 Å². The maximum atomic E-state index is 12.4. The van der Waals surface area contributed by atoms with E-state index < -0.39 is 0 Å². The third-order valence-corrected chi connectivity index (χ3v) is 4.97. The Hall–Kier alpha value is -2.63. The second kappa shape index (κ2) is 6.70. The first-order valence-corrected chi connectivity index (χ1v) is 8.93. The van der Waals surface area contributed by atoms with E-state index in [-0.39, 0.29) is 17.7 Å². The number of aromatic nitrogens is 2. The van der Waals surface area contributed by atoms with E-state index in [0.29, 0.717) is 19.4 Å². The molecule has 0 spiro atoms. The van der Waals surface area contributed by atoms with Gasteiger partial charge >= 0.3 is 0 Å². The molecule has 2 aliphatic heterocycles. The van der Waals surface area contributed by atoms with E-state index in [1.54, 1.807) is 0 Å². The SMILES string of the molecule is O=C1CC[C@@H](C(=O)Nc2cccc(-c3cn4c(n3)CCCC4)c2)CN1. The third-order valence-electron chi connectivity index (χ3n) is 4.97. The summed E-state index contributed by atoms with van der Waals surface area (Å²) >= 11 is 0. The lowest BCUT2D eigenvalue weighted by molar-refractivity contribution is -0.126. The number of rotatable bonds is 3. The van der Waals surface area contributed by atoms with Crippen molar-refractivity contribution in [3.05, 3.63) is 36.3 Å². The first kappa shape index (κ1) is 15.9. The van der Waals surface area contributed by atoms with E-state index in [1.165, 1.54) is 12.8 Å². The van der Waals surface area contributed by atoms with Crippen LogP contribution in [-0.2, 0) is 22.6 Å². The molecule has 1 atom stereocenters. The van der Waals surface area contributed by atoms with Crippen molar-refractivity contribution < 1.29 is 9.59 Å². The number of benzene rings is 1. The van der Waals surface area contributed by atoms with Gasteiger partial charge in [-0.15, -0.1) is 0 Å². The van der Waals surface area contributed by atoms with Crippen molar-refractivity contribution in [2.45, 2.75) is 38.6 Å². The number of imidazole rings is 1. The topological polar surface area (TPSA) is 76.0 Å². The molecule has 1 aromatic heterocycles. The highest BCUT2D eigenvalue weighted by atomic mass is 16.2. The fourth-order valence-corrected chi connectivity index (χ4v) is 3.51. The second-order valence-corrected chi connectivity index (χ2v) is 6.80. The molecule has 0 saturated carbocycles. The lowest BCUT2D eigenvalue weighted by Gasteiger charge is -2.21. The van der Waals surface area contributed by atoms with Crippen LogP contribution in [0.2, 0.25) is 0 Å². The average Bonchev–Trinajstić information content (AvgIpc) is 3.07. The normalized spacial score (nSPS) is 19.8. The van der Waals surface area contributed by atoms with E-state index in [2.05, 4.69) is 21.4 Å². The summed E-state index contributed by atoms with van der Waals surface area (Å²) in [7, 11) is 0. The average molecular weight is 338 g/mol. The van der Waals surface area contributed by atoms with Crippen LogP contribution in [0.4, 0.5) is 5.69 Å². The summed E-state index contributed by atoms with van der Waals surface area (Å²) in [6, 6.07) is 7.81. The maximum Gasteiger partial charge on any atom is 0.229 e. The molecule has 0 unspecified atom stereocenters. The first-order chi connectivity index (χ1) is 12.2. The van der Waals surface area contributed by atoms with Crippen molar-refractivity contribution in [2.75, 3.05) is 11.9 Å². The number of hydrogen-bond donors (Lipinski definition) is 2. The number of anilines is 1. The monoisotopic (exact) mass is 338 g/mol. The van der Waals surface area contributed by atoms with Gasteiger partial charge in [-0.2, -0.15) is 0 Å². The second-order valence-electron chi connectivity index (χ2n) is 6.80. The molecule has 4 rings (SSSR count). The van der Waals surface area contributed by atoms with Crippen molar-refractivity contribution in [3.8, 4) is 11.3 Å².